The Hall–Kier alpha value is 0.280. The number of rotatable bonds is 3. The Kier molecular flexibility index (Phi) is 7.38. The van der Waals surface area contributed by atoms with E-state index < -0.39 is 16.8 Å². The smallest absolute Gasteiger partial charge is 0.305 e. The second-order valence-corrected chi connectivity index (χ2v) is 6.73. The summed E-state index contributed by atoms with van der Waals surface area (Å²) < 4.78 is 0. The van der Waals surface area contributed by atoms with Gasteiger partial charge in [0.2, 0.25) is 5.91 Å². The quantitative estimate of drug-likeness (QED) is 0.460. The summed E-state index contributed by atoms with van der Waals surface area (Å²) in [5.41, 5.74) is 0.0288. The maximum atomic E-state index is 11.7. The van der Waals surface area contributed by atoms with Gasteiger partial charge in [0, 0.05) is 5.33 Å². The molecule has 0 heterocycles. The highest BCUT2D eigenvalue weighted by Gasteiger charge is 2.19. The van der Waals surface area contributed by atoms with Gasteiger partial charge in [0.25, 0.3) is 0 Å². The maximum Gasteiger partial charge on any atom is 0.325 e. The Balaban J connectivity index is 2.89. The van der Waals surface area contributed by atoms with Crippen molar-refractivity contribution in [2.75, 3.05) is 10.6 Å². The number of amides is 3. The number of benzene rings is 1. The van der Waals surface area contributed by atoms with Crippen molar-refractivity contribution in [1.29, 1.82) is 0 Å². The van der Waals surface area contributed by atoms with Crippen LogP contribution in [0.1, 0.15) is 0 Å². The molecule has 110 valence electrons. The minimum atomic E-state index is -0.803. The molecule has 1 unspecified atom stereocenters. The van der Waals surface area contributed by atoms with Gasteiger partial charge in [-0.1, -0.05) is 78.3 Å². The summed E-state index contributed by atoms with van der Waals surface area (Å²) in [4.78, 5) is 22.6. The molecule has 0 aliphatic carbocycles. The largest absolute Gasteiger partial charge is 0.325 e. The van der Waals surface area contributed by atoms with Crippen LogP contribution in [0.5, 0.6) is 0 Å². The molecule has 1 rings (SSSR count). The first kappa shape index (κ1) is 18.3. The van der Waals surface area contributed by atoms with Crippen molar-refractivity contribution in [1.82, 2.24) is 5.32 Å². The zero-order valence-electron chi connectivity index (χ0n) is 9.45. The lowest BCUT2D eigenvalue weighted by molar-refractivity contribution is -0.118. The Bertz CT molecular complexity index is 530. The standard InChI is InChI=1S/C10H6Br2Cl4N2O2/c11-2-3(12)9(19)18-10(20)17-8-6(15)4(13)1-5(14)7(8)16/h1,3H,2H2,(H2,17,18,19,20). The van der Waals surface area contributed by atoms with Gasteiger partial charge in [0.05, 0.1) is 25.8 Å². The molecule has 20 heavy (non-hydrogen) atoms. The summed E-state index contributed by atoms with van der Waals surface area (Å²) in [6, 6.07) is 0.545. The van der Waals surface area contributed by atoms with Gasteiger partial charge in [0.1, 0.15) is 4.83 Å². The summed E-state index contributed by atoms with van der Waals surface area (Å²) in [6.45, 7) is 0. The fourth-order valence-corrected chi connectivity index (χ4v) is 2.40. The van der Waals surface area contributed by atoms with Crippen LogP contribution in [0, 0.1) is 0 Å². The first-order valence-corrected chi connectivity index (χ1v) is 8.47. The number of imide groups is 1. The van der Waals surface area contributed by atoms with Crippen molar-refractivity contribution < 1.29 is 9.59 Å². The second kappa shape index (κ2) is 8.06. The molecule has 0 bridgehead atoms. The number of carbonyl (C=O) groups excluding carboxylic acids is 2. The van der Waals surface area contributed by atoms with Crippen LogP contribution in [-0.2, 0) is 4.79 Å². The first-order valence-electron chi connectivity index (χ1n) is 4.92. The van der Waals surface area contributed by atoms with Crippen molar-refractivity contribution in [2.24, 2.45) is 0 Å². The van der Waals surface area contributed by atoms with Crippen LogP contribution in [0.25, 0.3) is 0 Å². The van der Waals surface area contributed by atoms with Crippen LogP contribution in [0.15, 0.2) is 6.07 Å². The topological polar surface area (TPSA) is 58.2 Å². The van der Waals surface area contributed by atoms with Gasteiger partial charge in [-0.05, 0) is 6.07 Å². The van der Waals surface area contributed by atoms with Gasteiger partial charge in [-0.25, -0.2) is 4.79 Å². The highest BCUT2D eigenvalue weighted by molar-refractivity contribution is 9.12. The molecular weight excluding hydrogens is 482 g/mol. The van der Waals surface area contributed by atoms with Crippen LogP contribution in [0.4, 0.5) is 10.5 Å². The third-order valence-corrected chi connectivity index (χ3v) is 5.84. The molecule has 1 atom stereocenters. The lowest BCUT2D eigenvalue weighted by Gasteiger charge is -2.13. The molecule has 10 heteroatoms. The molecule has 0 saturated heterocycles. The maximum absolute atomic E-state index is 11.7. The van der Waals surface area contributed by atoms with Crippen molar-refractivity contribution in [3.8, 4) is 0 Å². The van der Waals surface area contributed by atoms with Gasteiger partial charge in [-0.3, -0.25) is 10.1 Å². The van der Waals surface area contributed by atoms with E-state index in [0.29, 0.717) is 5.33 Å². The van der Waals surface area contributed by atoms with Gasteiger partial charge in [-0.2, -0.15) is 0 Å². The lowest BCUT2D eigenvalue weighted by atomic mass is 10.3. The molecule has 0 fully saturated rings. The molecule has 0 saturated carbocycles. The van der Waals surface area contributed by atoms with E-state index in [2.05, 4.69) is 42.5 Å². The molecule has 4 nitrogen and oxygen atoms in total. The fraction of sp³-hybridized carbons (Fsp3) is 0.200. The third kappa shape index (κ3) is 4.64. The normalized spacial score (nSPS) is 11.9. The lowest BCUT2D eigenvalue weighted by Crippen LogP contribution is -2.39. The number of anilines is 1. The van der Waals surface area contributed by atoms with Gasteiger partial charge in [0.15, 0.2) is 0 Å². The molecule has 3 amide bonds. The van der Waals surface area contributed by atoms with Crippen molar-refractivity contribution in [3.63, 3.8) is 0 Å². The molecule has 0 aromatic heterocycles. The van der Waals surface area contributed by atoms with Crippen LogP contribution >= 0.6 is 78.3 Å². The van der Waals surface area contributed by atoms with Gasteiger partial charge < -0.3 is 5.32 Å². The van der Waals surface area contributed by atoms with E-state index >= 15 is 0 Å². The highest BCUT2D eigenvalue weighted by Crippen LogP contribution is 2.40. The summed E-state index contributed by atoms with van der Waals surface area (Å²) in [5, 5.41) is 5.08. The molecular formula is C10H6Br2Cl4N2O2. The summed E-state index contributed by atoms with van der Waals surface area (Å²) in [7, 11) is 0. The van der Waals surface area contributed by atoms with Crippen molar-refractivity contribution in [3.05, 3.63) is 26.2 Å². The monoisotopic (exact) mass is 484 g/mol. The SMILES string of the molecule is O=C(NC(=O)C(Br)CBr)Nc1c(Cl)c(Cl)cc(Cl)c1Cl. The van der Waals surface area contributed by atoms with E-state index in [1.54, 1.807) is 0 Å². The summed E-state index contributed by atoms with van der Waals surface area (Å²) in [5.74, 6) is -0.528. The van der Waals surface area contributed by atoms with Crippen LogP contribution < -0.4 is 10.6 Å². The zero-order valence-corrected chi connectivity index (χ0v) is 15.6. The van der Waals surface area contributed by atoms with Crippen LogP contribution in [-0.4, -0.2) is 22.1 Å². The van der Waals surface area contributed by atoms with Crippen molar-refractivity contribution >= 4 is 95.9 Å². The summed E-state index contributed by atoms with van der Waals surface area (Å²) >= 11 is 29.7. The van der Waals surface area contributed by atoms with Crippen LogP contribution in [0.3, 0.4) is 0 Å². The number of halogens is 6. The molecule has 2 N–H and O–H groups in total. The molecule has 0 radical (unpaired) electrons. The molecule has 1 aromatic carbocycles. The van der Waals surface area contributed by atoms with Crippen molar-refractivity contribution in [2.45, 2.75) is 4.83 Å². The van der Waals surface area contributed by atoms with E-state index in [1.807, 2.05) is 0 Å². The minimum absolute atomic E-state index is 0.0274. The Morgan fingerprint density at radius 1 is 1.15 bits per heavy atom. The zero-order chi connectivity index (χ0) is 15.4. The predicted octanol–water partition coefficient (Wildman–Crippen LogP) is 5.11. The molecule has 0 aliphatic rings. The Labute approximate surface area is 151 Å². The van der Waals surface area contributed by atoms with E-state index in [-0.39, 0.29) is 25.8 Å². The first-order chi connectivity index (χ1) is 9.27. The number of alkyl halides is 2. The number of urea groups is 1. The van der Waals surface area contributed by atoms with E-state index in [9.17, 15) is 9.59 Å². The minimum Gasteiger partial charge on any atom is -0.305 e. The number of hydrogen-bond donors (Lipinski definition) is 2. The number of carbonyl (C=O) groups is 2. The Morgan fingerprint density at radius 2 is 1.65 bits per heavy atom. The third-order valence-electron chi connectivity index (χ3n) is 2.01. The van der Waals surface area contributed by atoms with Gasteiger partial charge in [-0.15, -0.1) is 0 Å². The number of hydrogen-bond acceptors (Lipinski definition) is 2. The van der Waals surface area contributed by atoms with Crippen LogP contribution in [0.2, 0.25) is 20.1 Å². The number of nitrogens with one attached hydrogen (secondary N) is 2. The highest BCUT2D eigenvalue weighted by atomic mass is 79.9. The van der Waals surface area contributed by atoms with Gasteiger partial charge >= 0.3 is 6.03 Å². The summed E-state index contributed by atoms with van der Waals surface area (Å²) in [6.07, 6.45) is 0. The molecule has 0 aliphatic heterocycles. The van der Waals surface area contributed by atoms with E-state index in [1.165, 1.54) is 6.07 Å². The predicted molar refractivity (Wildman–Crippen MR) is 90.2 cm³/mol. The second-order valence-electron chi connectivity index (χ2n) is 3.41. The fourth-order valence-electron chi connectivity index (χ4n) is 1.09. The average Bonchev–Trinajstić information content (AvgIpc) is 2.40. The van der Waals surface area contributed by atoms with E-state index in [4.69, 9.17) is 46.4 Å². The molecule has 0 spiro atoms. The average molecular weight is 488 g/mol. The molecule has 1 aromatic rings. The Morgan fingerprint density at radius 3 is 2.10 bits per heavy atom. The van der Waals surface area contributed by atoms with E-state index in [0.717, 1.165) is 0 Å².